The van der Waals surface area contributed by atoms with Crippen LogP contribution in [0.15, 0.2) is 47.6 Å². The van der Waals surface area contributed by atoms with E-state index in [-0.39, 0.29) is 17.9 Å². The third-order valence-electron chi connectivity index (χ3n) is 8.28. The number of nitrogens with one attached hydrogen (secondary N) is 1. The number of fused-ring (bicyclic) bond motifs is 2. The minimum Gasteiger partial charge on any atom is -0.444 e. The van der Waals surface area contributed by atoms with Crippen molar-refractivity contribution in [3.8, 4) is 0 Å². The molecule has 0 bridgehead atoms. The Bertz CT molecular complexity index is 1570. The van der Waals surface area contributed by atoms with Gasteiger partial charge in [-0.05, 0) is 110 Å². The van der Waals surface area contributed by atoms with Gasteiger partial charge >= 0.3 is 12.2 Å². The molecule has 1 saturated heterocycles. The Labute approximate surface area is 272 Å². The summed E-state index contributed by atoms with van der Waals surface area (Å²) in [6, 6.07) is 12.7. The molecule has 11 heteroatoms. The Kier molecular flexibility index (Phi) is 10.0. The molecule has 1 aromatic carbocycles. The zero-order valence-corrected chi connectivity index (χ0v) is 28.4. The molecule has 2 amide bonds. The van der Waals surface area contributed by atoms with Crippen LogP contribution in [-0.2, 0) is 29.0 Å². The highest BCUT2D eigenvalue weighted by atomic mass is 16.6. The third kappa shape index (κ3) is 8.63. The van der Waals surface area contributed by atoms with Gasteiger partial charge < -0.3 is 18.9 Å². The minimum absolute atomic E-state index is 0.145. The number of carbonyl (C=O) groups excluding carboxylic acids is 2. The van der Waals surface area contributed by atoms with Crippen molar-refractivity contribution in [2.45, 2.75) is 104 Å². The number of imidazole rings is 1. The van der Waals surface area contributed by atoms with E-state index >= 15 is 0 Å². The van der Waals surface area contributed by atoms with Crippen molar-refractivity contribution in [1.82, 2.24) is 29.7 Å². The van der Waals surface area contributed by atoms with Gasteiger partial charge in [-0.2, -0.15) is 0 Å². The Morgan fingerprint density at radius 2 is 1.78 bits per heavy atom. The van der Waals surface area contributed by atoms with Crippen molar-refractivity contribution in [1.29, 1.82) is 0 Å². The van der Waals surface area contributed by atoms with E-state index < -0.39 is 23.4 Å². The van der Waals surface area contributed by atoms with Crippen LogP contribution in [0.1, 0.15) is 90.3 Å². The summed E-state index contributed by atoms with van der Waals surface area (Å²) in [5.41, 5.74) is 3.16. The van der Waals surface area contributed by atoms with Gasteiger partial charge in [0.2, 0.25) is 5.96 Å². The summed E-state index contributed by atoms with van der Waals surface area (Å²) >= 11 is 0. The molecule has 0 radical (unpaired) electrons. The van der Waals surface area contributed by atoms with E-state index in [2.05, 4.69) is 51.1 Å². The quantitative estimate of drug-likeness (QED) is 0.252. The van der Waals surface area contributed by atoms with Crippen molar-refractivity contribution in [2.75, 3.05) is 20.1 Å². The smallest absolute Gasteiger partial charge is 0.437 e. The fraction of sp³-hybridized carbons (Fsp3) is 0.571. The van der Waals surface area contributed by atoms with Gasteiger partial charge in [0.15, 0.2) is 0 Å². The first-order valence-corrected chi connectivity index (χ1v) is 16.4. The van der Waals surface area contributed by atoms with Crippen LogP contribution in [0.3, 0.4) is 0 Å². The largest absolute Gasteiger partial charge is 0.444 e. The normalized spacial score (nSPS) is 19.2. The molecule has 0 spiro atoms. The second kappa shape index (κ2) is 13.8. The van der Waals surface area contributed by atoms with Crippen LogP contribution < -0.4 is 5.32 Å². The van der Waals surface area contributed by atoms with Crippen LogP contribution >= 0.6 is 0 Å². The Hall–Kier alpha value is -3.99. The van der Waals surface area contributed by atoms with Crippen LogP contribution in [-0.4, -0.2) is 73.8 Å². The number of aryl methyl sites for hydroxylation is 1. The zero-order chi connectivity index (χ0) is 33.1. The number of hydrogen-bond donors (Lipinski definition) is 1. The van der Waals surface area contributed by atoms with E-state index in [0.29, 0.717) is 19.6 Å². The number of ether oxygens (including phenoxy) is 2. The summed E-state index contributed by atoms with van der Waals surface area (Å²) in [6.07, 6.45) is 5.63. The minimum atomic E-state index is -0.759. The first-order chi connectivity index (χ1) is 21.8. The van der Waals surface area contributed by atoms with Gasteiger partial charge in [0.1, 0.15) is 17.0 Å². The summed E-state index contributed by atoms with van der Waals surface area (Å²) in [5.74, 6) is 1.38. The number of aromatic nitrogens is 3. The lowest BCUT2D eigenvalue weighted by Gasteiger charge is -2.35. The van der Waals surface area contributed by atoms with Crippen molar-refractivity contribution in [3.63, 3.8) is 0 Å². The molecule has 3 heterocycles. The molecule has 11 nitrogen and oxygen atoms in total. The summed E-state index contributed by atoms with van der Waals surface area (Å²) < 4.78 is 13.3. The van der Waals surface area contributed by atoms with Crippen molar-refractivity contribution in [2.24, 2.45) is 10.9 Å². The lowest BCUT2D eigenvalue weighted by atomic mass is 9.91. The van der Waals surface area contributed by atoms with Crippen molar-refractivity contribution in [3.05, 3.63) is 59.7 Å². The van der Waals surface area contributed by atoms with Crippen molar-refractivity contribution >= 4 is 29.2 Å². The molecule has 2 aliphatic rings. The van der Waals surface area contributed by atoms with Crippen LogP contribution in [0.4, 0.5) is 9.59 Å². The van der Waals surface area contributed by atoms with Crippen LogP contribution in [0.25, 0.3) is 11.0 Å². The number of piperidine rings is 1. The number of nitrogens with zero attached hydrogens (tertiary/aromatic N) is 6. The van der Waals surface area contributed by atoms with Crippen molar-refractivity contribution < 1.29 is 19.1 Å². The summed E-state index contributed by atoms with van der Waals surface area (Å²) in [6.45, 7) is 13.4. The lowest BCUT2D eigenvalue weighted by molar-refractivity contribution is 0.0551. The van der Waals surface area contributed by atoms with Gasteiger partial charge in [-0.25, -0.2) is 14.6 Å². The van der Waals surface area contributed by atoms with E-state index in [9.17, 15) is 9.59 Å². The second-order valence-electron chi connectivity index (χ2n) is 14.5. The number of rotatable bonds is 5. The molecule has 0 saturated carbocycles. The predicted molar refractivity (Wildman–Crippen MR) is 178 cm³/mol. The van der Waals surface area contributed by atoms with Gasteiger partial charge in [0.05, 0.1) is 29.3 Å². The molecule has 2 aromatic heterocycles. The van der Waals surface area contributed by atoms with Gasteiger partial charge in [-0.15, -0.1) is 4.99 Å². The Balaban J connectivity index is 1.37. The molecule has 0 unspecified atom stereocenters. The standard InChI is InChI=1S/C35H49N7O4/c1-34(2,3)45-32(43)38-31(39-33(44)46-35(4,5)6)41-20-12-13-24(21-41)22-42-27-17-9-8-16-26(27)37-29(42)23-40(7)28-18-10-14-25-15-11-19-36-30(25)28/h8-9,11,15-17,19,24,28H,10,12-14,18,20-23H2,1-7H3,(H,38,39,43,44)/t24-,28-/m1/s1. The van der Waals surface area contributed by atoms with Crippen LogP contribution in [0, 0.1) is 5.92 Å². The third-order valence-corrected chi connectivity index (χ3v) is 8.28. The summed E-state index contributed by atoms with van der Waals surface area (Å²) in [4.78, 5) is 44.0. The second-order valence-corrected chi connectivity index (χ2v) is 14.5. The summed E-state index contributed by atoms with van der Waals surface area (Å²) in [5, 5.41) is 2.73. The number of pyridine rings is 1. The molecule has 1 N–H and O–H groups in total. The molecule has 1 fully saturated rings. The Morgan fingerprint density at radius 3 is 2.54 bits per heavy atom. The molecule has 248 valence electrons. The SMILES string of the molecule is CN(Cc1nc2ccccc2n1C[C@@H]1CCCN(C(=NC(=O)OC(C)(C)C)NC(=O)OC(C)(C)C)C1)[C@@H]1CCCc2cccnc21. The number of guanidine groups is 1. The van der Waals surface area contributed by atoms with E-state index in [4.69, 9.17) is 19.4 Å². The number of carbonyl (C=O) groups is 2. The number of amides is 2. The van der Waals surface area contributed by atoms with E-state index in [1.54, 1.807) is 41.5 Å². The average molecular weight is 632 g/mol. The number of likely N-dealkylation sites (tertiary alicyclic amines) is 1. The molecule has 1 aliphatic heterocycles. The number of aliphatic imine (C=N–C) groups is 1. The summed E-state index contributed by atoms with van der Waals surface area (Å²) in [7, 11) is 2.17. The number of para-hydroxylation sites is 2. The van der Waals surface area contributed by atoms with Gasteiger partial charge in [0, 0.05) is 25.8 Å². The fourth-order valence-corrected chi connectivity index (χ4v) is 6.41. The number of hydrogen-bond acceptors (Lipinski definition) is 7. The zero-order valence-electron chi connectivity index (χ0n) is 28.4. The topological polar surface area (TPSA) is 114 Å². The maximum atomic E-state index is 12.8. The van der Waals surface area contributed by atoms with E-state index in [0.717, 1.165) is 55.5 Å². The molecule has 5 rings (SSSR count). The van der Waals surface area contributed by atoms with Crippen LogP contribution in [0.5, 0.6) is 0 Å². The highest BCUT2D eigenvalue weighted by molar-refractivity contribution is 5.99. The first-order valence-electron chi connectivity index (χ1n) is 16.4. The maximum Gasteiger partial charge on any atom is 0.437 e. The molecule has 46 heavy (non-hydrogen) atoms. The number of alkyl carbamates (subject to hydrolysis) is 1. The molecular weight excluding hydrogens is 582 g/mol. The highest BCUT2D eigenvalue weighted by Gasteiger charge is 2.30. The number of benzene rings is 1. The van der Waals surface area contributed by atoms with Crippen LogP contribution in [0.2, 0.25) is 0 Å². The first kappa shape index (κ1) is 33.4. The van der Waals surface area contributed by atoms with E-state index in [1.165, 1.54) is 11.3 Å². The molecule has 3 aromatic rings. The van der Waals surface area contributed by atoms with E-state index in [1.807, 2.05) is 23.2 Å². The van der Waals surface area contributed by atoms with Gasteiger partial charge in [-0.1, -0.05) is 18.2 Å². The fourth-order valence-electron chi connectivity index (χ4n) is 6.41. The molecular formula is C35H49N7O4. The maximum absolute atomic E-state index is 12.8. The predicted octanol–water partition coefficient (Wildman–Crippen LogP) is 6.47. The van der Waals surface area contributed by atoms with Gasteiger partial charge in [-0.3, -0.25) is 15.2 Å². The Morgan fingerprint density at radius 1 is 1.02 bits per heavy atom. The highest BCUT2D eigenvalue weighted by Crippen LogP contribution is 2.33. The average Bonchev–Trinajstić information content (AvgIpc) is 3.31. The molecule has 1 aliphatic carbocycles. The molecule has 2 atom stereocenters. The lowest BCUT2D eigenvalue weighted by Crippen LogP contribution is -2.50. The van der Waals surface area contributed by atoms with Gasteiger partial charge in [0.25, 0.3) is 0 Å². The monoisotopic (exact) mass is 631 g/mol.